The number of ether oxygens (including phenoxy) is 1. The van der Waals surface area contributed by atoms with Crippen molar-refractivity contribution in [3.63, 3.8) is 0 Å². The highest BCUT2D eigenvalue weighted by molar-refractivity contribution is 5.29. The molecule has 3 heteroatoms. The third-order valence-corrected chi connectivity index (χ3v) is 2.19. The zero-order valence-corrected chi connectivity index (χ0v) is 9.79. The van der Waals surface area contributed by atoms with Crippen molar-refractivity contribution in [1.82, 2.24) is 4.98 Å². The average Bonchev–Trinajstić information content (AvgIpc) is 2.16. The minimum atomic E-state index is 0.301. The van der Waals surface area contributed by atoms with Gasteiger partial charge in [0.25, 0.3) is 0 Å². The van der Waals surface area contributed by atoms with E-state index in [1.54, 1.807) is 12.4 Å². The second-order valence-corrected chi connectivity index (χ2v) is 4.85. The van der Waals surface area contributed by atoms with Crippen LogP contribution in [-0.4, -0.2) is 11.6 Å². The van der Waals surface area contributed by atoms with Gasteiger partial charge in [0, 0.05) is 24.5 Å². The lowest BCUT2D eigenvalue weighted by Crippen LogP contribution is -2.12. The van der Waals surface area contributed by atoms with Crippen LogP contribution in [-0.2, 0) is 6.54 Å². The van der Waals surface area contributed by atoms with Crippen molar-refractivity contribution in [2.45, 2.75) is 33.7 Å². The Hall–Kier alpha value is -1.09. The summed E-state index contributed by atoms with van der Waals surface area (Å²) in [6.45, 7) is 7.80. The van der Waals surface area contributed by atoms with Gasteiger partial charge in [0.1, 0.15) is 5.75 Å². The van der Waals surface area contributed by atoms with Crippen LogP contribution in [0.25, 0.3) is 0 Å². The molecule has 0 aliphatic heterocycles. The number of aromatic nitrogens is 1. The van der Waals surface area contributed by atoms with Gasteiger partial charge in [0.2, 0.25) is 0 Å². The molecule has 0 aromatic carbocycles. The summed E-state index contributed by atoms with van der Waals surface area (Å²) in [5.41, 5.74) is 6.85. The molecule has 0 saturated heterocycles. The van der Waals surface area contributed by atoms with Gasteiger partial charge in [-0.1, -0.05) is 20.8 Å². The molecule has 1 rings (SSSR count). The first-order chi connectivity index (χ1) is 7.03. The van der Waals surface area contributed by atoms with Crippen molar-refractivity contribution >= 4 is 0 Å². The molecule has 0 atom stereocenters. The van der Waals surface area contributed by atoms with E-state index in [1.165, 1.54) is 0 Å². The third-order valence-electron chi connectivity index (χ3n) is 2.19. The Labute approximate surface area is 91.7 Å². The van der Waals surface area contributed by atoms with Gasteiger partial charge in [-0.2, -0.15) is 0 Å². The standard InChI is InChI=1S/C12H20N2O/c1-12(2,3)5-7-15-11-4-6-14-9-10(11)8-13/h4,6,9H,5,7-8,13H2,1-3H3. The maximum atomic E-state index is 5.68. The zero-order chi connectivity index (χ0) is 11.3. The molecule has 0 saturated carbocycles. The predicted octanol–water partition coefficient (Wildman–Crippen LogP) is 2.36. The van der Waals surface area contributed by atoms with Crippen LogP contribution in [0.4, 0.5) is 0 Å². The molecule has 0 spiro atoms. The number of rotatable bonds is 4. The van der Waals surface area contributed by atoms with Crippen LogP contribution in [0.15, 0.2) is 18.5 Å². The van der Waals surface area contributed by atoms with Crippen LogP contribution in [0.1, 0.15) is 32.8 Å². The fourth-order valence-electron chi connectivity index (χ4n) is 1.18. The summed E-state index contributed by atoms with van der Waals surface area (Å²) >= 11 is 0. The molecule has 0 bridgehead atoms. The van der Waals surface area contributed by atoms with Gasteiger partial charge in [0.15, 0.2) is 0 Å². The van der Waals surface area contributed by atoms with Crippen molar-refractivity contribution in [2.75, 3.05) is 6.61 Å². The van der Waals surface area contributed by atoms with Crippen LogP contribution in [0.5, 0.6) is 5.75 Å². The second kappa shape index (κ2) is 5.12. The Bertz CT molecular complexity index is 305. The molecular formula is C12H20N2O. The number of hydrogen-bond acceptors (Lipinski definition) is 3. The summed E-state index contributed by atoms with van der Waals surface area (Å²) in [6.07, 6.45) is 4.51. The summed E-state index contributed by atoms with van der Waals surface area (Å²) in [6, 6.07) is 1.87. The molecule has 0 aliphatic rings. The van der Waals surface area contributed by atoms with E-state index in [2.05, 4.69) is 25.8 Å². The van der Waals surface area contributed by atoms with Crippen LogP contribution in [0, 0.1) is 5.41 Å². The van der Waals surface area contributed by atoms with Gasteiger partial charge in [-0.3, -0.25) is 4.98 Å². The number of hydrogen-bond donors (Lipinski definition) is 1. The highest BCUT2D eigenvalue weighted by Crippen LogP contribution is 2.21. The first-order valence-corrected chi connectivity index (χ1v) is 5.29. The van der Waals surface area contributed by atoms with Crippen LogP contribution in [0.3, 0.4) is 0 Å². The summed E-state index contributed by atoms with van der Waals surface area (Å²) in [7, 11) is 0. The zero-order valence-electron chi connectivity index (χ0n) is 9.79. The maximum Gasteiger partial charge on any atom is 0.126 e. The SMILES string of the molecule is CC(C)(C)CCOc1ccncc1CN. The molecule has 0 unspecified atom stereocenters. The van der Waals surface area contributed by atoms with Gasteiger partial charge in [-0.25, -0.2) is 0 Å². The lowest BCUT2D eigenvalue weighted by atomic mass is 9.93. The molecule has 84 valence electrons. The molecule has 0 fully saturated rings. The lowest BCUT2D eigenvalue weighted by molar-refractivity contribution is 0.241. The van der Waals surface area contributed by atoms with E-state index in [0.29, 0.717) is 12.0 Å². The predicted molar refractivity (Wildman–Crippen MR) is 61.7 cm³/mol. The minimum Gasteiger partial charge on any atom is -0.493 e. The van der Waals surface area contributed by atoms with Crippen molar-refractivity contribution in [3.8, 4) is 5.75 Å². The monoisotopic (exact) mass is 208 g/mol. The molecule has 1 aromatic rings. The Morgan fingerprint density at radius 2 is 2.13 bits per heavy atom. The number of nitrogens with zero attached hydrogens (tertiary/aromatic N) is 1. The van der Waals surface area contributed by atoms with Crippen LogP contribution >= 0.6 is 0 Å². The van der Waals surface area contributed by atoms with E-state index in [-0.39, 0.29) is 0 Å². The van der Waals surface area contributed by atoms with Gasteiger partial charge in [-0.15, -0.1) is 0 Å². The topological polar surface area (TPSA) is 48.1 Å². The molecule has 0 aliphatic carbocycles. The molecule has 15 heavy (non-hydrogen) atoms. The molecule has 0 radical (unpaired) electrons. The lowest BCUT2D eigenvalue weighted by Gasteiger charge is -2.18. The summed E-state index contributed by atoms with van der Waals surface area (Å²) < 4.78 is 5.68. The third kappa shape index (κ3) is 4.30. The molecule has 0 amide bonds. The normalized spacial score (nSPS) is 11.5. The Balaban J connectivity index is 2.50. The van der Waals surface area contributed by atoms with E-state index < -0.39 is 0 Å². The summed E-state index contributed by atoms with van der Waals surface area (Å²) in [5, 5.41) is 0. The van der Waals surface area contributed by atoms with Crippen molar-refractivity contribution < 1.29 is 4.74 Å². The van der Waals surface area contributed by atoms with E-state index in [9.17, 15) is 0 Å². The van der Waals surface area contributed by atoms with Crippen LogP contribution < -0.4 is 10.5 Å². The first kappa shape index (κ1) is 12.0. The highest BCUT2D eigenvalue weighted by Gasteiger charge is 2.10. The fourth-order valence-corrected chi connectivity index (χ4v) is 1.18. The van der Waals surface area contributed by atoms with E-state index in [1.807, 2.05) is 6.07 Å². The van der Waals surface area contributed by atoms with Crippen molar-refractivity contribution in [1.29, 1.82) is 0 Å². The Morgan fingerprint density at radius 3 is 2.73 bits per heavy atom. The average molecular weight is 208 g/mol. The first-order valence-electron chi connectivity index (χ1n) is 5.29. The smallest absolute Gasteiger partial charge is 0.126 e. The quantitative estimate of drug-likeness (QED) is 0.826. The summed E-state index contributed by atoms with van der Waals surface area (Å²) in [4.78, 5) is 4.01. The van der Waals surface area contributed by atoms with Gasteiger partial charge in [-0.05, 0) is 17.9 Å². The largest absolute Gasteiger partial charge is 0.493 e. The summed E-state index contributed by atoms with van der Waals surface area (Å²) in [5.74, 6) is 0.858. The molecular weight excluding hydrogens is 188 g/mol. The van der Waals surface area contributed by atoms with Crippen molar-refractivity contribution in [2.24, 2.45) is 11.1 Å². The van der Waals surface area contributed by atoms with Gasteiger partial charge in [0.05, 0.1) is 6.61 Å². The highest BCUT2D eigenvalue weighted by atomic mass is 16.5. The number of pyridine rings is 1. The van der Waals surface area contributed by atoms with Gasteiger partial charge >= 0.3 is 0 Å². The van der Waals surface area contributed by atoms with E-state index in [4.69, 9.17) is 10.5 Å². The van der Waals surface area contributed by atoms with Gasteiger partial charge < -0.3 is 10.5 Å². The minimum absolute atomic E-state index is 0.301. The fraction of sp³-hybridized carbons (Fsp3) is 0.583. The maximum absolute atomic E-state index is 5.68. The van der Waals surface area contributed by atoms with E-state index in [0.717, 1.165) is 24.3 Å². The Kier molecular flexibility index (Phi) is 4.09. The molecule has 1 heterocycles. The molecule has 3 nitrogen and oxygen atoms in total. The molecule has 1 aromatic heterocycles. The van der Waals surface area contributed by atoms with Crippen molar-refractivity contribution in [3.05, 3.63) is 24.0 Å². The van der Waals surface area contributed by atoms with E-state index >= 15 is 0 Å². The second-order valence-electron chi connectivity index (χ2n) is 4.85. The molecule has 2 N–H and O–H groups in total. The number of nitrogens with two attached hydrogens (primary N) is 1. The van der Waals surface area contributed by atoms with Crippen LogP contribution in [0.2, 0.25) is 0 Å². The Morgan fingerprint density at radius 1 is 1.40 bits per heavy atom.